The molecule has 7 nitrogen and oxygen atoms in total. The molecule has 0 radical (unpaired) electrons. The number of rotatable bonds is 5. The lowest BCUT2D eigenvalue weighted by Crippen LogP contribution is -2.33. The fourth-order valence-electron chi connectivity index (χ4n) is 2.56. The number of methoxy groups -OCH3 is 2. The molecule has 0 saturated heterocycles. The van der Waals surface area contributed by atoms with Gasteiger partial charge in [0.15, 0.2) is 11.5 Å². The zero-order valence-electron chi connectivity index (χ0n) is 12.6. The highest BCUT2D eigenvalue weighted by Crippen LogP contribution is 2.36. The summed E-state index contributed by atoms with van der Waals surface area (Å²) in [6, 6.07) is 3.54. The van der Waals surface area contributed by atoms with Gasteiger partial charge in [0.05, 0.1) is 30.8 Å². The zero-order valence-corrected chi connectivity index (χ0v) is 12.6. The summed E-state index contributed by atoms with van der Waals surface area (Å²) >= 11 is 0. The Morgan fingerprint density at radius 2 is 1.86 bits per heavy atom. The SMILES string of the molecule is COc1cc2nc(N)n(C(C)(C)CC(N)=O)c2cc1OC. The van der Waals surface area contributed by atoms with Gasteiger partial charge in [-0.1, -0.05) is 0 Å². The minimum absolute atomic E-state index is 0.150. The van der Waals surface area contributed by atoms with Crippen LogP contribution in [0.5, 0.6) is 11.5 Å². The molecule has 0 bridgehead atoms. The number of amides is 1. The first-order valence-corrected chi connectivity index (χ1v) is 6.49. The minimum Gasteiger partial charge on any atom is -0.493 e. The lowest BCUT2D eigenvalue weighted by molar-refractivity contribution is -0.119. The lowest BCUT2D eigenvalue weighted by atomic mass is 9.99. The average Bonchev–Trinajstić information content (AvgIpc) is 2.70. The number of nitrogens with zero attached hydrogens (tertiary/aromatic N) is 2. The largest absolute Gasteiger partial charge is 0.493 e. The van der Waals surface area contributed by atoms with Crippen LogP contribution in [0.1, 0.15) is 20.3 Å². The van der Waals surface area contributed by atoms with Crippen molar-refractivity contribution in [3.8, 4) is 11.5 Å². The maximum Gasteiger partial charge on any atom is 0.219 e. The molecule has 114 valence electrons. The molecule has 0 unspecified atom stereocenters. The Morgan fingerprint density at radius 3 is 2.38 bits per heavy atom. The lowest BCUT2D eigenvalue weighted by Gasteiger charge is -2.27. The highest BCUT2D eigenvalue weighted by molar-refractivity contribution is 5.83. The first-order chi connectivity index (χ1) is 9.80. The van der Waals surface area contributed by atoms with E-state index in [1.54, 1.807) is 30.9 Å². The van der Waals surface area contributed by atoms with Gasteiger partial charge in [-0.25, -0.2) is 4.98 Å². The number of ether oxygens (including phenoxy) is 2. The molecule has 0 spiro atoms. The summed E-state index contributed by atoms with van der Waals surface area (Å²) in [6.07, 6.45) is 0.150. The molecule has 0 aliphatic rings. The summed E-state index contributed by atoms with van der Waals surface area (Å²) < 4.78 is 12.3. The van der Waals surface area contributed by atoms with E-state index < -0.39 is 11.4 Å². The maximum absolute atomic E-state index is 11.3. The van der Waals surface area contributed by atoms with Crippen molar-refractivity contribution in [3.05, 3.63) is 12.1 Å². The topological polar surface area (TPSA) is 105 Å². The van der Waals surface area contributed by atoms with Crippen LogP contribution >= 0.6 is 0 Å². The predicted octanol–water partition coefficient (Wildman–Crippen LogP) is 1.25. The van der Waals surface area contributed by atoms with Crippen molar-refractivity contribution in [2.45, 2.75) is 25.8 Å². The molecule has 1 amide bonds. The number of nitrogens with two attached hydrogens (primary N) is 2. The third kappa shape index (κ3) is 2.58. The Morgan fingerprint density at radius 1 is 1.29 bits per heavy atom. The van der Waals surface area contributed by atoms with E-state index in [-0.39, 0.29) is 6.42 Å². The molecule has 0 aliphatic carbocycles. The summed E-state index contributed by atoms with van der Waals surface area (Å²) in [7, 11) is 3.11. The van der Waals surface area contributed by atoms with Crippen molar-refractivity contribution in [2.24, 2.45) is 5.73 Å². The Labute approximate surface area is 122 Å². The van der Waals surface area contributed by atoms with Crippen LogP contribution in [0.25, 0.3) is 11.0 Å². The monoisotopic (exact) mass is 292 g/mol. The number of aromatic nitrogens is 2. The first kappa shape index (κ1) is 15.0. The van der Waals surface area contributed by atoms with Crippen LogP contribution < -0.4 is 20.9 Å². The van der Waals surface area contributed by atoms with Gasteiger partial charge in [-0.15, -0.1) is 0 Å². The highest BCUT2D eigenvalue weighted by atomic mass is 16.5. The van der Waals surface area contributed by atoms with Gasteiger partial charge in [-0.2, -0.15) is 0 Å². The quantitative estimate of drug-likeness (QED) is 0.862. The van der Waals surface area contributed by atoms with E-state index >= 15 is 0 Å². The summed E-state index contributed by atoms with van der Waals surface area (Å²) in [5.74, 6) is 1.05. The molecule has 7 heteroatoms. The van der Waals surface area contributed by atoms with Gasteiger partial charge in [-0.05, 0) is 13.8 Å². The van der Waals surface area contributed by atoms with E-state index in [1.807, 2.05) is 13.8 Å². The second-order valence-electron chi connectivity index (χ2n) is 5.46. The number of benzene rings is 1. The van der Waals surface area contributed by atoms with E-state index in [0.717, 1.165) is 5.52 Å². The summed E-state index contributed by atoms with van der Waals surface area (Å²) in [4.78, 5) is 15.6. The van der Waals surface area contributed by atoms with Crippen LogP contribution in [0.3, 0.4) is 0 Å². The molecule has 0 atom stereocenters. The second kappa shape index (κ2) is 5.16. The van der Waals surface area contributed by atoms with Crippen molar-refractivity contribution in [1.82, 2.24) is 9.55 Å². The van der Waals surface area contributed by atoms with Gasteiger partial charge in [0.2, 0.25) is 11.9 Å². The third-order valence-electron chi connectivity index (χ3n) is 3.40. The average molecular weight is 292 g/mol. The molecule has 2 rings (SSSR count). The van der Waals surface area contributed by atoms with Gasteiger partial charge in [0, 0.05) is 18.6 Å². The Kier molecular flexibility index (Phi) is 3.67. The molecule has 4 N–H and O–H groups in total. The highest BCUT2D eigenvalue weighted by Gasteiger charge is 2.28. The summed E-state index contributed by atoms with van der Waals surface area (Å²) in [6.45, 7) is 3.76. The molecule has 0 aliphatic heterocycles. The summed E-state index contributed by atoms with van der Waals surface area (Å²) in [5, 5.41) is 0. The minimum atomic E-state index is -0.593. The molecule has 2 aromatic rings. The van der Waals surface area contributed by atoms with Crippen molar-refractivity contribution < 1.29 is 14.3 Å². The van der Waals surface area contributed by atoms with Crippen molar-refractivity contribution in [2.75, 3.05) is 20.0 Å². The van der Waals surface area contributed by atoms with Crippen LogP contribution in [0.4, 0.5) is 5.95 Å². The van der Waals surface area contributed by atoms with Gasteiger partial charge < -0.3 is 25.5 Å². The van der Waals surface area contributed by atoms with Crippen molar-refractivity contribution >= 4 is 22.9 Å². The second-order valence-corrected chi connectivity index (χ2v) is 5.46. The van der Waals surface area contributed by atoms with Crippen LogP contribution in [0, 0.1) is 0 Å². The van der Waals surface area contributed by atoms with E-state index in [2.05, 4.69) is 4.98 Å². The molecule has 0 fully saturated rings. The maximum atomic E-state index is 11.3. The standard InChI is InChI=1S/C14H20N4O3/c1-14(2,7-12(15)19)18-9-6-11(21-4)10(20-3)5-8(9)17-13(18)16/h5-6H,7H2,1-4H3,(H2,15,19)(H2,16,17). The van der Waals surface area contributed by atoms with E-state index in [1.165, 1.54) is 0 Å². The molecule has 1 aromatic heterocycles. The molecular weight excluding hydrogens is 272 g/mol. The number of hydrogen-bond acceptors (Lipinski definition) is 5. The first-order valence-electron chi connectivity index (χ1n) is 6.49. The van der Waals surface area contributed by atoms with Crippen LogP contribution in [-0.2, 0) is 10.3 Å². The van der Waals surface area contributed by atoms with E-state index in [9.17, 15) is 4.79 Å². The van der Waals surface area contributed by atoms with Crippen LogP contribution in [0.15, 0.2) is 12.1 Å². The zero-order chi connectivity index (χ0) is 15.8. The van der Waals surface area contributed by atoms with Gasteiger partial charge in [0.1, 0.15) is 0 Å². The number of anilines is 1. The number of nitrogen functional groups attached to an aromatic ring is 1. The fourth-order valence-corrected chi connectivity index (χ4v) is 2.56. The Bertz CT molecular complexity index is 691. The smallest absolute Gasteiger partial charge is 0.219 e. The van der Waals surface area contributed by atoms with Gasteiger partial charge >= 0.3 is 0 Å². The number of imidazole rings is 1. The van der Waals surface area contributed by atoms with E-state index in [0.29, 0.717) is 23.0 Å². The number of carbonyl (C=O) groups is 1. The predicted molar refractivity (Wildman–Crippen MR) is 80.4 cm³/mol. The molecule has 0 saturated carbocycles. The van der Waals surface area contributed by atoms with Crippen molar-refractivity contribution in [1.29, 1.82) is 0 Å². The number of fused-ring (bicyclic) bond motifs is 1. The molecular formula is C14H20N4O3. The third-order valence-corrected chi connectivity index (χ3v) is 3.40. The molecule has 1 aromatic carbocycles. The van der Waals surface area contributed by atoms with Crippen LogP contribution in [-0.4, -0.2) is 29.7 Å². The van der Waals surface area contributed by atoms with Crippen LogP contribution in [0.2, 0.25) is 0 Å². The van der Waals surface area contributed by atoms with Gasteiger partial charge in [0.25, 0.3) is 0 Å². The number of primary amides is 1. The van der Waals surface area contributed by atoms with E-state index in [4.69, 9.17) is 20.9 Å². The molecule has 21 heavy (non-hydrogen) atoms. The Balaban J connectivity index is 2.69. The summed E-state index contributed by atoms with van der Waals surface area (Å²) in [5.41, 5.74) is 12.2. The normalized spacial score (nSPS) is 11.6. The number of carbonyl (C=O) groups excluding carboxylic acids is 1. The Hall–Kier alpha value is -2.44. The number of hydrogen-bond donors (Lipinski definition) is 2. The van der Waals surface area contributed by atoms with Gasteiger partial charge in [-0.3, -0.25) is 4.79 Å². The van der Waals surface area contributed by atoms with Crippen molar-refractivity contribution in [3.63, 3.8) is 0 Å². The fraction of sp³-hybridized carbons (Fsp3) is 0.429. The molecule has 1 heterocycles.